The summed E-state index contributed by atoms with van der Waals surface area (Å²) in [5, 5.41) is 31.0. The average Bonchev–Trinajstić information content (AvgIpc) is 3.63. The Hall–Kier alpha value is -5.66. The molecule has 0 spiro atoms. The molecule has 0 radical (unpaired) electrons. The SMILES string of the molecule is Cc1cc(O)cc(C)c1C[C@H](NC(=O)[C@@H]1CCCN1C(=O)[C@H](CCCN=C(N)N)NC(=O)C[C@@H](N)CCCN=C(N)N)C(=O)N[C@H](C(=O)N[C@@H](CC(C)C)C(=O)O)C(C)(C)C. The highest BCUT2D eigenvalue weighted by Gasteiger charge is 2.41. The highest BCUT2D eigenvalue weighted by molar-refractivity contribution is 5.96. The van der Waals surface area contributed by atoms with Crippen molar-refractivity contribution in [3.8, 4) is 5.75 Å². The number of nitrogens with zero attached hydrogens (tertiary/aromatic N) is 3. The number of rotatable bonds is 23. The van der Waals surface area contributed by atoms with Crippen molar-refractivity contribution < 1.29 is 39.0 Å². The molecule has 1 aliphatic heterocycles. The number of hydrogen-bond donors (Lipinski definition) is 11. The van der Waals surface area contributed by atoms with Crippen molar-refractivity contribution in [3.05, 3.63) is 28.8 Å². The van der Waals surface area contributed by atoms with Gasteiger partial charge in [-0.2, -0.15) is 0 Å². The first kappa shape index (κ1) is 51.5. The molecule has 342 valence electrons. The molecule has 0 aliphatic carbocycles. The van der Waals surface area contributed by atoms with Gasteiger partial charge in [0.05, 0.1) is 0 Å². The zero-order valence-electron chi connectivity index (χ0n) is 36.8. The lowest BCUT2D eigenvalue weighted by molar-refractivity contribution is -0.143. The topological polar surface area (TPSA) is 349 Å². The van der Waals surface area contributed by atoms with Crippen LogP contribution in [0.1, 0.15) is 103 Å². The standard InChI is InChI=1S/C41H70N12O8/c1-22(2)17-30(38(60)61)51-36(58)33(41(5,6)7)52-34(56)29(21-27-23(3)18-26(54)19-24(27)4)50-35(57)31-13-10-16-53(31)37(59)28(12-9-15-48-40(45)46)49-32(55)20-25(42)11-8-14-47-39(43)44/h18-19,22,25,28-31,33,54H,8-17,20-21,42H2,1-7H3,(H,49,55)(H,50,57)(H,51,58)(H,52,56)(H,60,61)(H4,43,44,47)(H4,45,46,48)/t25-,28-,29-,30-,31-,33+/m0/s1. The zero-order chi connectivity index (χ0) is 46.2. The van der Waals surface area contributed by atoms with E-state index in [-0.39, 0.29) is 68.8 Å². The fourth-order valence-electron chi connectivity index (χ4n) is 7.26. The first-order valence-corrected chi connectivity index (χ1v) is 20.8. The largest absolute Gasteiger partial charge is 0.508 e. The van der Waals surface area contributed by atoms with Crippen LogP contribution in [0.15, 0.2) is 22.1 Å². The van der Waals surface area contributed by atoms with E-state index in [9.17, 15) is 39.0 Å². The first-order valence-electron chi connectivity index (χ1n) is 20.8. The number of phenolic OH excluding ortho intramolecular Hbond substituents is 1. The van der Waals surface area contributed by atoms with Crippen LogP contribution in [-0.4, -0.2) is 118 Å². The highest BCUT2D eigenvalue weighted by Crippen LogP contribution is 2.25. The summed E-state index contributed by atoms with van der Waals surface area (Å²) in [6, 6.07) is -3.24. The van der Waals surface area contributed by atoms with Gasteiger partial charge < -0.3 is 65.0 Å². The second-order valence-corrected chi connectivity index (χ2v) is 17.3. The van der Waals surface area contributed by atoms with Gasteiger partial charge in [0.25, 0.3) is 0 Å². The molecule has 0 unspecified atom stereocenters. The molecule has 20 heteroatoms. The molecule has 1 heterocycles. The Bertz CT molecular complexity index is 1730. The number of hydrogen-bond acceptors (Lipinski definition) is 10. The number of carbonyl (C=O) groups excluding carboxylic acids is 5. The lowest BCUT2D eigenvalue weighted by Gasteiger charge is -2.34. The third kappa shape index (κ3) is 17.5. The third-order valence-electron chi connectivity index (χ3n) is 10.4. The molecule has 1 aromatic carbocycles. The molecule has 1 aromatic rings. The zero-order valence-corrected chi connectivity index (χ0v) is 36.8. The smallest absolute Gasteiger partial charge is 0.326 e. The molecule has 61 heavy (non-hydrogen) atoms. The van der Waals surface area contributed by atoms with Crippen LogP contribution in [0.2, 0.25) is 0 Å². The number of carboxylic acid groups (broad SMARTS) is 1. The molecular weight excluding hydrogens is 789 g/mol. The van der Waals surface area contributed by atoms with Crippen molar-refractivity contribution in [2.45, 2.75) is 143 Å². The Morgan fingerprint density at radius 1 is 0.836 bits per heavy atom. The quantitative estimate of drug-likeness (QED) is 0.0376. The number of amides is 5. The van der Waals surface area contributed by atoms with Crippen LogP contribution >= 0.6 is 0 Å². The van der Waals surface area contributed by atoms with Crippen LogP contribution < -0.4 is 49.9 Å². The minimum Gasteiger partial charge on any atom is -0.508 e. The van der Waals surface area contributed by atoms with E-state index in [1.165, 1.54) is 17.0 Å². The summed E-state index contributed by atoms with van der Waals surface area (Å²) in [6.07, 6.45) is 2.21. The molecule has 1 aliphatic rings. The molecule has 6 atom stereocenters. The molecule has 1 fully saturated rings. The maximum absolute atomic E-state index is 14.3. The van der Waals surface area contributed by atoms with Gasteiger partial charge >= 0.3 is 5.97 Å². The van der Waals surface area contributed by atoms with Crippen LogP contribution in [0.4, 0.5) is 0 Å². The van der Waals surface area contributed by atoms with Gasteiger partial charge in [-0.1, -0.05) is 34.6 Å². The monoisotopic (exact) mass is 859 g/mol. The minimum absolute atomic E-state index is 0.0209. The van der Waals surface area contributed by atoms with Crippen LogP contribution in [0.25, 0.3) is 0 Å². The van der Waals surface area contributed by atoms with Gasteiger partial charge in [-0.3, -0.25) is 34.0 Å². The van der Waals surface area contributed by atoms with Gasteiger partial charge in [-0.15, -0.1) is 0 Å². The summed E-state index contributed by atoms with van der Waals surface area (Å²) in [5.74, 6) is -4.45. The van der Waals surface area contributed by atoms with Crippen molar-refractivity contribution in [2.24, 2.45) is 50.0 Å². The van der Waals surface area contributed by atoms with Crippen molar-refractivity contribution in [1.82, 2.24) is 26.2 Å². The number of nitrogens with two attached hydrogens (primary N) is 5. The Morgan fingerprint density at radius 2 is 1.41 bits per heavy atom. The molecular formula is C41H70N12O8. The number of aliphatic imine (C=N–C) groups is 2. The molecule has 0 aromatic heterocycles. The Labute approximate surface area is 358 Å². The predicted octanol–water partition coefficient (Wildman–Crippen LogP) is -0.517. The van der Waals surface area contributed by atoms with Gasteiger partial charge in [0.1, 0.15) is 36.0 Å². The normalized spacial score (nSPS) is 16.3. The molecule has 16 N–H and O–H groups in total. The molecule has 5 amide bonds. The minimum atomic E-state index is -1.28. The summed E-state index contributed by atoms with van der Waals surface area (Å²) < 4.78 is 0. The number of benzene rings is 1. The third-order valence-corrected chi connectivity index (χ3v) is 10.4. The summed E-state index contributed by atoms with van der Waals surface area (Å²) in [7, 11) is 0. The van der Waals surface area contributed by atoms with Gasteiger partial charge in [0, 0.05) is 38.5 Å². The number of phenols is 1. The number of likely N-dealkylation sites (tertiary alicyclic amines) is 1. The first-order chi connectivity index (χ1) is 28.4. The van der Waals surface area contributed by atoms with E-state index < -0.39 is 77.2 Å². The van der Waals surface area contributed by atoms with Gasteiger partial charge in [-0.05, 0) is 98.9 Å². The van der Waals surface area contributed by atoms with Gasteiger partial charge in [-0.25, -0.2) is 4.79 Å². The van der Waals surface area contributed by atoms with E-state index in [1.807, 2.05) is 13.8 Å². The number of carbonyl (C=O) groups is 6. The van der Waals surface area contributed by atoms with Gasteiger partial charge in [0.15, 0.2) is 11.9 Å². The van der Waals surface area contributed by atoms with Crippen molar-refractivity contribution >= 4 is 47.4 Å². The van der Waals surface area contributed by atoms with Crippen molar-refractivity contribution in [3.63, 3.8) is 0 Å². The second-order valence-electron chi connectivity index (χ2n) is 17.3. The molecule has 1 saturated heterocycles. The molecule has 0 saturated carbocycles. The van der Waals surface area contributed by atoms with Crippen LogP contribution in [0.5, 0.6) is 5.75 Å². The number of aryl methyl sites for hydroxylation is 2. The number of aliphatic carboxylic acids is 1. The fourth-order valence-corrected chi connectivity index (χ4v) is 7.26. The van der Waals surface area contributed by atoms with Gasteiger partial charge in [0.2, 0.25) is 29.5 Å². The summed E-state index contributed by atoms with van der Waals surface area (Å²) in [5.41, 5.74) is 29.0. The number of nitrogens with one attached hydrogen (secondary N) is 4. The van der Waals surface area contributed by atoms with Crippen molar-refractivity contribution in [1.29, 1.82) is 0 Å². The highest BCUT2D eigenvalue weighted by atomic mass is 16.4. The lowest BCUT2D eigenvalue weighted by atomic mass is 9.85. The Kier molecular flexibility index (Phi) is 20.2. The van der Waals surface area contributed by atoms with Crippen LogP contribution in [0.3, 0.4) is 0 Å². The molecule has 20 nitrogen and oxygen atoms in total. The van der Waals surface area contributed by atoms with E-state index in [2.05, 4.69) is 31.3 Å². The number of carboxylic acids is 1. The molecule has 2 rings (SSSR count). The maximum atomic E-state index is 14.3. The van der Waals surface area contributed by atoms with Crippen molar-refractivity contribution in [2.75, 3.05) is 19.6 Å². The van der Waals surface area contributed by atoms with E-state index in [0.29, 0.717) is 48.9 Å². The second kappa shape index (κ2) is 24.0. The average molecular weight is 859 g/mol. The Balaban J connectivity index is 2.42. The van der Waals surface area contributed by atoms with E-state index in [1.54, 1.807) is 34.6 Å². The van der Waals surface area contributed by atoms with Crippen LogP contribution in [0, 0.1) is 25.2 Å². The van der Waals surface area contributed by atoms with Crippen LogP contribution in [-0.2, 0) is 35.2 Å². The predicted molar refractivity (Wildman–Crippen MR) is 233 cm³/mol. The molecule has 0 bridgehead atoms. The number of aromatic hydroxyl groups is 1. The summed E-state index contributed by atoms with van der Waals surface area (Å²) in [6.45, 7) is 13.0. The maximum Gasteiger partial charge on any atom is 0.326 e. The fraction of sp³-hybridized carbons (Fsp3) is 0.659. The lowest BCUT2D eigenvalue weighted by Crippen LogP contribution is -2.61. The van der Waals surface area contributed by atoms with E-state index in [4.69, 9.17) is 28.7 Å². The summed E-state index contributed by atoms with van der Waals surface area (Å²) in [4.78, 5) is 91.0. The number of guanidine groups is 2. The van der Waals surface area contributed by atoms with E-state index in [0.717, 1.165) is 0 Å². The summed E-state index contributed by atoms with van der Waals surface area (Å²) >= 11 is 0. The Morgan fingerprint density at radius 3 is 1.93 bits per heavy atom. The van der Waals surface area contributed by atoms with E-state index >= 15 is 0 Å².